The van der Waals surface area contributed by atoms with Crippen LogP contribution in [0, 0.1) is 6.92 Å². The summed E-state index contributed by atoms with van der Waals surface area (Å²) in [5.41, 5.74) is 4.00. The predicted octanol–water partition coefficient (Wildman–Crippen LogP) is 5.75. The SMILES string of the molecule is CC[C@@H](C)NC(=O)[C@@H](Cc1ccccc1)N(Cc1cccc(C)c1)C(=O)Cc1ccc(Cl)cc1. The maximum absolute atomic E-state index is 13.7. The van der Waals surface area contributed by atoms with E-state index in [0.717, 1.165) is 28.7 Å². The van der Waals surface area contributed by atoms with Crippen molar-refractivity contribution in [2.75, 3.05) is 0 Å². The van der Waals surface area contributed by atoms with Crippen LogP contribution in [0.2, 0.25) is 5.02 Å². The fourth-order valence-electron chi connectivity index (χ4n) is 3.88. The summed E-state index contributed by atoms with van der Waals surface area (Å²) in [4.78, 5) is 28.9. The molecule has 2 amide bonds. The third kappa shape index (κ3) is 7.46. The molecule has 0 aliphatic rings. The van der Waals surface area contributed by atoms with Gasteiger partial charge in [0.1, 0.15) is 6.04 Å². The average molecular weight is 477 g/mol. The first-order valence-electron chi connectivity index (χ1n) is 11.8. The second-order valence-electron chi connectivity index (χ2n) is 8.84. The summed E-state index contributed by atoms with van der Waals surface area (Å²) in [6, 6.07) is 24.6. The number of hydrogen-bond donors (Lipinski definition) is 1. The van der Waals surface area contributed by atoms with E-state index in [0.29, 0.717) is 18.0 Å². The molecule has 0 radical (unpaired) electrons. The Morgan fingerprint density at radius 3 is 2.24 bits per heavy atom. The second kappa shape index (κ2) is 12.4. The monoisotopic (exact) mass is 476 g/mol. The van der Waals surface area contributed by atoms with Gasteiger partial charge in [-0.1, -0.05) is 90.8 Å². The van der Waals surface area contributed by atoms with E-state index in [9.17, 15) is 9.59 Å². The number of nitrogens with one attached hydrogen (secondary N) is 1. The Labute approximate surface area is 207 Å². The van der Waals surface area contributed by atoms with Gasteiger partial charge >= 0.3 is 0 Å². The minimum absolute atomic E-state index is 0.0259. The van der Waals surface area contributed by atoms with E-state index in [1.54, 1.807) is 17.0 Å². The third-order valence-electron chi connectivity index (χ3n) is 5.98. The molecule has 5 heteroatoms. The number of rotatable bonds is 10. The van der Waals surface area contributed by atoms with Gasteiger partial charge in [0.05, 0.1) is 6.42 Å². The number of nitrogens with zero attached hydrogens (tertiary/aromatic N) is 1. The molecule has 0 saturated heterocycles. The largest absolute Gasteiger partial charge is 0.352 e. The third-order valence-corrected chi connectivity index (χ3v) is 6.23. The predicted molar refractivity (Wildman–Crippen MR) is 139 cm³/mol. The lowest BCUT2D eigenvalue weighted by Gasteiger charge is -2.32. The first-order valence-corrected chi connectivity index (χ1v) is 12.2. The van der Waals surface area contributed by atoms with Crippen LogP contribution in [-0.2, 0) is 29.0 Å². The fraction of sp³-hybridized carbons (Fsp3) is 0.310. The highest BCUT2D eigenvalue weighted by Crippen LogP contribution is 2.18. The quantitative estimate of drug-likeness (QED) is 0.405. The molecular weight excluding hydrogens is 444 g/mol. The zero-order valence-electron chi connectivity index (χ0n) is 20.1. The standard InChI is InChI=1S/C29H33ClN2O2/c1-4-22(3)31-29(34)27(18-23-10-6-5-7-11-23)32(20-25-12-8-9-21(2)17-25)28(33)19-24-13-15-26(30)16-14-24/h5-17,22,27H,4,18-20H2,1-3H3,(H,31,34)/t22-,27-/m1/s1. The molecule has 0 aliphatic heterocycles. The van der Waals surface area contributed by atoms with Crippen molar-refractivity contribution in [1.29, 1.82) is 0 Å². The van der Waals surface area contributed by atoms with E-state index in [-0.39, 0.29) is 24.3 Å². The van der Waals surface area contributed by atoms with Crippen LogP contribution in [0.3, 0.4) is 0 Å². The van der Waals surface area contributed by atoms with Crippen molar-refractivity contribution in [2.45, 2.75) is 58.7 Å². The molecule has 0 aliphatic carbocycles. The highest BCUT2D eigenvalue weighted by molar-refractivity contribution is 6.30. The number of halogens is 1. The molecule has 0 heterocycles. The van der Waals surface area contributed by atoms with Gasteiger partial charge < -0.3 is 10.2 Å². The van der Waals surface area contributed by atoms with Crippen molar-refractivity contribution in [3.63, 3.8) is 0 Å². The van der Waals surface area contributed by atoms with Crippen molar-refractivity contribution in [2.24, 2.45) is 0 Å². The van der Waals surface area contributed by atoms with E-state index in [4.69, 9.17) is 11.6 Å². The first-order chi connectivity index (χ1) is 16.4. The normalized spacial score (nSPS) is 12.6. The summed E-state index contributed by atoms with van der Waals surface area (Å²) >= 11 is 6.03. The summed E-state index contributed by atoms with van der Waals surface area (Å²) in [7, 11) is 0. The van der Waals surface area contributed by atoms with Gasteiger partial charge in [-0.3, -0.25) is 9.59 Å². The van der Waals surface area contributed by atoms with Gasteiger partial charge in [-0.05, 0) is 49.1 Å². The molecule has 0 bridgehead atoms. The molecule has 0 aromatic heterocycles. The van der Waals surface area contributed by atoms with Gasteiger partial charge in [0.15, 0.2) is 0 Å². The zero-order valence-corrected chi connectivity index (χ0v) is 20.9. The molecule has 34 heavy (non-hydrogen) atoms. The lowest BCUT2D eigenvalue weighted by atomic mass is 10.0. The van der Waals surface area contributed by atoms with Crippen LogP contribution in [0.25, 0.3) is 0 Å². The molecule has 178 valence electrons. The Morgan fingerprint density at radius 2 is 1.59 bits per heavy atom. The Hall–Kier alpha value is -3.11. The first kappa shape index (κ1) is 25.5. The zero-order chi connectivity index (χ0) is 24.5. The summed E-state index contributed by atoms with van der Waals surface area (Å²) in [6.07, 6.45) is 1.46. The average Bonchev–Trinajstić information content (AvgIpc) is 2.83. The van der Waals surface area contributed by atoms with Gasteiger partial charge in [0.25, 0.3) is 0 Å². The number of carbonyl (C=O) groups is 2. The van der Waals surface area contributed by atoms with Crippen LogP contribution in [0.15, 0.2) is 78.9 Å². The molecule has 2 atom stereocenters. The lowest BCUT2D eigenvalue weighted by molar-refractivity contribution is -0.141. The Balaban J connectivity index is 1.96. The van der Waals surface area contributed by atoms with E-state index < -0.39 is 6.04 Å². The molecule has 0 spiro atoms. The summed E-state index contributed by atoms with van der Waals surface area (Å²) in [5, 5.41) is 3.73. The van der Waals surface area contributed by atoms with Crippen molar-refractivity contribution in [3.8, 4) is 0 Å². The molecular formula is C29H33ClN2O2. The van der Waals surface area contributed by atoms with Gasteiger partial charge in [-0.15, -0.1) is 0 Å². The Bertz CT molecular complexity index is 1080. The van der Waals surface area contributed by atoms with Crippen molar-refractivity contribution in [1.82, 2.24) is 10.2 Å². The fourth-order valence-corrected chi connectivity index (χ4v) is 4.01. The molecule has 3 rings (SSSR count). The molecule has 1 N–H and O–H groups in total. The van der Waals surface area contributed by atoms with Crippen LogP contribution in [0.1, 0.15) is 42.5 Å². The van der Waals surface area contributed by atoms with E-state index in [1.807, 2.05) is 81.4 Å². The van der Waals surface area contributed by atoms with Crippen LogP contribution in [-0.4, -0.2) is 28.8 Å². The van der Waals surface area contributed by atoms with Crippen molar-refractivity contribution in [3.05, 3.63) is 106 Å². The minimum Gasteiger partial charge on any atom is -0.352 e. The van der Waals surface area contributed by atoms with E-state index in [2.05, 4.69) is 11.4 Å². The Kier molecular flexibility index (Phi) is 9.29. The number of carbonyl (C=O) groups excluding carboxylic acids is 2. The Morgan fingerprint density at radius 1 is 0.912 bits per heavy atom. The molecule has 3 aromatic rings. The molecule has 3 aromatic carbocycles. The van der Waals surface area contributed by atoms with Crippen LogP contribution in [0.5, 0.6) is 0 Å². The maximum atomic E-state index is 13.7. The number of hydrogen-bond acceptors (Lipinski definition) is 2. The van der Waals surface area contributed by atoms with Crippen molar-refractivity contribution < 1.29 is 9.59 Å². The number of aryl methyl sites for hydroxylation is 1. The van der Waals surface area contributed by atoms with Crippen LogP contribution in [0.4, 0.5) is 0 Å². The number of benzene rings is 3. The van der Waals surface area contributed by atoms with E-state index >= 15 is 0 Å². The van der Waals surface area contributed by atoms with Crippen LogP contribution >= 0.6 is 11.6 Å². The van der Waals surface area contributed by atoms with E-state index in [1.165, 1.54) is 0 Å². The van der Waals surface area contributed by atoms with Crippen molar-refractivity contribution >= 4 is 23.4 Å². The van der Waals surface area contributed by atoms with Gasteiger partial charge in [0.2, 0.25) is 11.8 Å². The highest BCUT2D eigenvalue weighted by atomic mass is 35.5. The summed E-state index contributed by atoms with van der Waals surface area (Å²) in [6.45, 7) is 6.41. The van der Waals surface area contributed by atoms with Gasteiger partial charge in [0, 0.05) is 24.0 Å². The number of amides is 2. The second-order valence-corrected chi connectivity index (χ2v) is 9.27. The molecule has 0 fully saturated rings. The topological polar surface area (TPSA) is 49.4 Å². The van der Waals surface area contributed by atoms with Gasteiger partial charge in [-0.25, -0.2) is 0 Å². The lowest BCUT2D eigenvalue weighted by Crippen LogP contribution is -2.52. The minimum atomic E-state index is -0.628. The smallest absolute Gasteiger partial charge is 0.243 e. The maximum Gasteiger partial charge on any atom is 0.243 e. The molecule has 0 unspecified atom stereocenters. The summed E-state index contributed by atoms with van der Waals surface area (Å²) < 4.78 is 0. The van der Waals surface area contributed by atoms with Gasteiger partial charge in [-0.2, -0.15) is 0 Å². The highest BCUT2D eigenvalue weighted by Gasteiger charge is 2.31. The molecule has 4 nitrogen and oxygen atoms in total. The van der Waals surface area contributed by atoms with Crippen LogP contribution < -0.4 is 5.32 Å². The molecule has 0 saturated carbocycles. The summed E-state index contributed by atoms with van der Waals surface area (Å²) in [5.74, 6) is -0.223.